The van der Waals surface area contributed by atoms with E-state index in [0.717, 1.165) is 12.5 Å². The van der Waals surface area contributed by atoms with E-state index in [-0.39, 0.29) is 47.5 Å². The lowest BCUT2D eigenvalue weighted by Gasteiger charge is -2.60. The average Bonchev–Trinajstić information content (AvgIpc) is 2.87. The Hall–Kier alpha value is -3.00. The predicted molar refractivity (Wildman–Crippen MR) is 158 cm³/mol. The fourth-order valence-corrected chi connectivity index (χ4v) is 8.33. The third-order valence-corrected chi connectivity index (χ3v) is 10.4. The highest BCUT2D eigenvalue weighted by Crippen LogP contribution is 2.65. The van der Waals surface area contributed by atoms with Crippen molar-refractivity contribution in [2.45, 2.75) is 99.0 Å². The number of allylic oxidation sites excluding steroid dienone is 1. The molecule has 5 atom stereocenters. The number of benzene rings is 1. The van der Waals surface area contributed by atoms with Crippen molar-refractivity contribution in [3.8, 4) is 5.75 Å². The summed E-state index contributed by atoms with van der Waals surface area (Å²) in [5.41, 5.74) is -3.70. The molecule has 0 radical (unpaired) electrons. The van der Waals surface area contributed by atoms with E-state index in [0.29, 0.717) is 30.4 Å². The molecule has 0 amide bonds. The van der Waals surface area contributed by atoms with Crippen LogP contribution in [0.4, 0.5) is 4.39 Å². The summed E-state index contributed by atoms with van der Waals surface area (Å²) in [6, 6.07) is 1.91. The number of hydrogen-bond acceptors (Lipinski definition) is 7. The van der Waals surface area contributed by atoms with Crippen LogP contribution in [0.5, 0.6) is 5.75 Å². The summed E-state index contributed by atoms with van der Waals surface area (Å²) in [4.78, 5) is 40.7. The maximum Gasteiger partial charge on any atom is 0.203 e. The zero-order chi connectivity index (χ0) is 31.7. The molecule has 0 heterocycles. The van der Waals surface area contributed by atoms with Crippen molar-refractivity contribution in [2.24, 2.45) is 28.6 Å². The van der Waals surface area contributed by atoms with Crippen LogP contribution < -0.4 is 0 Å². The number of alkyl halides is 1. The lowest BCUT2D eigenvalue weighted by Crippen LogP contribution is -2.69. The maximum atomic E-state index is 14.5. The van der Waals surface area contributed by atoms with Gasteiger partial charge in [-0.25, -0.2) is 0 Å². The highest BCUT2D eigenvalue weighted by molar-refractivity contribution is 6.24. The highest BCUT2D eigenvalue weighted by atomic mass is 19.1. The fraction of sp³-hybridized carbons (Fsp3) is 0.618. The average molecular weight is 585 g/mol. The van der Waals surface area contributed by atoms with Gasteiger partial charge in [-0.1, -0.05) is 61.0 Å². The van der Waals surface area contributed by atoms with Gasteiger partial charge in [0.2, 0.25) is 5.78 Å². The number of phenols is 1. The van der Waals surface area contributed by atoms with Gasteiger partial charge in [-0.3, -0.25) is 18.8 Å². The van der Waals surface area contributed by atoms with E-state index in [2.05, 4.69) is 0 Å². The number of halogens is 1. The van der Waals surface area contributed by atoms with Crippen LogP contribution in [-0.4, -0.2) is 50.1 Å². The molecule has 8 heteroatoms. The van der Waals surface area contributed by atoms with Gasteiger partial charge in [0.25, 0.3) is 0 Å². The van der Waals surface area contributed by atoms with E-state index in [1.807, 2.05) is 26.8 Å². The molecular formula is C34H45FO7. The molecule has 1 aromatic rings. The Balaban J connectivity index is 2.02. The topological polar surface area (TPSA) is 132 Å². The summed E-state index contributed by atoms with van der Waals surface area (Å²) in [5, 5.41) is 46.9. The lowest BCUT2D eigenvalue weighted by atomic mass is 9.43. The summed E-state index contributed by atoms with van der Waals surface area (Å²) >= 11 is 0. The first-order valence-corrected chi connectivity index (χ1v) is 15.1. The first-order valence-electron chi connectivity index (χ1n) is 15.1. The molecule has 230 valence electrons. The predicted octanol–water partition coefficient (Wildman–Crippen LogP) is 6.24. The Kier molecular flexibility index (Phi) is 8.07. The van der Waals surface area contributed by atoms with Crippen molar-refractivity contribution in [3.63, 3.8) is 0 Å². The summed E-state index contributed by atoms with van der Waals surface area (Å²) in [5.74, 6) is -5.48. The third-order valence-electron chi connectivity index (χ3n) is 10.4. The van der Waals surface area contributed by atoms with E-state index in [4.69, 9.17) is 0 Å². The largest absolute Gasteiger partial charge is 0.508 e. The van der Waals surface area contributed by atoms with Gasteiger partial charge in [0, 0.05) is 22.3 Å². The molecule has 0 spiro atoms. The number of aromatic hydroxyl groups is 1. The van der Waals surface area contributed by atoms with Crippen molar-refractivity contribution in [2.75, 3.05) is 6.67 Å². The number of aliphatic hydroxyl groups excluding tert-OH is 2. The van der Waals surface area contributed by atoms with Gasteiger partial charge in [-0.15, -0.1) is 0 Å². The molecule has 0 aromatic heterocycles. The molecule has 1 fully saturated rings. The van der Waals surface area contributed by atoms with E-state index in [1.54, 1.807) is 27.7 Å². The van der Waals surface area contributed by atoms with Gasteiger partial charge in [0.1, 0.15) is 22.8 Å². The van der Waals surface area contributed by atoms with E-state index in [1.165, 1.54) is 0 Å². The molecule has 0 bridgehead atoms. The highest BCUT2D eigenvalue weighted by Gasteiger charge is 2.72. The molecule has 1 saturated carbocycles. The molecular weight excluding hydrogens is 539 g/mol. The Bertz CT molecular complexity index is 1420. The number of carbonyl (C=O) groups excluding carboxylic acids is 3. The molecule has 1 aromatic carbocycles. The van der Waals surface area contributed by atoms with Crippen molar-refractivity contribution < 1.29 is 39.2 Å². The molecule has 7 nitrogen and oxygen atoms in total. The fourth-order valence-electron chi connectivity index (χ4n) is 8.33. The summed E-state index contributed by atoms with van der Waals surface area (Å²) < 4.78 is 13.5. The van der Waals surface area contributed by atoms with Gasteiger partial charge in [-0.05, 0) is 67.1 Å². The standard InChI is InChI=1S/C34H45FO7/c1-9-19(14-35)10-11-20-12-21(16(2)3)22-13-32(7)15-33(8)25(17(4)5)28(38)23(18(6)36)30(40)34(33,42)31(41)26(32)29(39)24(22)27(20)37/h12,16-17,19,25,37,39-40,42H,9-11,13-15H2,1-8H3/t19?,25?,32-,33-,34+/m1/s1. The van der Waals surface area contributed by atoms with Gasteiger partial charge in [-0.2, -0.15) is 0 Å². The Labute approximate surface area is 247 Å². The molecule has 4 rings (SSSR count). The Morgan fingerprint density at radius 1 is 1.12 bits per heavy atom. The number of ketones is 3. The van der Waals surface area contributed by atoms with Gasteiger partial charge >= 0.3 is 0 Å². The van der Waals surface area contributed by atoms with Crippen LogP contribution in [0.25, 0.3) is 5.76 Å². The van der Waals surface area contributed by atoms with Crippen molar-refractivity contribution >= 4 is 23.1 Å². The zero-order valence-corrected chi connectivity index (χ0v) is 26.0. The number of fused-ring (bicyclic) bond motifs is 3. The maximum absolute atomic E-state index is 14.5. The van der Waals surface area contributed by atoms with E-state index in [9.17, 15) is 39.2 Å². The second-order valence-electron chi connectivity index (χ2n) is 13.9. The molecule has 0 saturated heterocycles. The quantitative estimate of drug-likeness (QED) is 0.266. The molecule has 3 aliphatic rings. The number of Topliss-reactive ketones (excluding diaryl/α,β-unsaturated/α-hetero) is 3. The third kappa shape index (κ3) is 4.27. The monoisotopic (exact) mass is 584 g/mol. The van der Waals surface area contributed by atoms with E-state index >= 15 is 0 Å². The molecule has 42 heavy (non-hydrogen) atoms. The normalized spacial score (nSPS) is 30.0. The summed E-state index contributed by atoms with van der Waals surface area (Å²) in [6.07, 6.45) is 1.82. The molecule has 3 aliphatic carbocycles. The number of phenolic OH excluding ortho intramolecular Hbond substituents is 1. The summed E-state index contributed by atoms with van der Waals surface area (Å²) in [7, 11) is 0. The van der Waals surface area contributed by atoms with Crippen molar-refractivity contribution in [1.82, 2.24) is 0 Å². The van der Waals surface area contributed by atoms with Crippen LogP contribution in [-0.2, 0) is 27.2 Å². The second-order valence-corrected chi connectivity index (χ2v) is 13.9. The van der Waals surface area contributed by atoms with E-state index < -0.39 is 63.5 Å². The minimum absolute atomic E-state index is 0.00391. The Morgan fingerprint density at radius 3 is 2.24 bits per heavy atom. The molecule has 4 N–H and O–H groups in total. The first-order chi connectivity index (χ1) is 19.4. The zero-order valence-electron chi connectivity index (χ0n) is 26.0. The minimum Gasteiger partial charge on any atom is -0.508 e. The second kappa shape index (κ2) is 10.6. The Morgan fingerprint density at radius 2 is 1.74 bits per heavy atom. The van der Waals surface area contributed by atoms with Crippen LogP contribution in [0.3, 0.4) is 0 Å². The van der Waals surface area contributed by atoms with Crippen LogP contribution in [0, 0.1) is 28.6 Å². The number of aliphatic hydroxyl groups is 3. The summed E-state index contributed by atoms with van der Waals surface area (Å²) in [6.45, 7) is 13.5. The van der Waals surface area contributed by atoms with Crippen LogP contribution >= 0.6 is 0 Å². The minimum atomic E-state index is -2.64. The molecule has 0 aliphatic heterocycles. The van der Waals surface area contributed by atoms with Gasteiger partial charge < -0.3 is 20.4 Å². The van der Waals surface area contributed by atoms with Crippen LogP contribution in [0.1, 0.15) is 103 Å². The number of hydrogen-bond donors (Lipinski definition) is 4. The van der Waals surface area contributed by atoms with Crippen molar-refractivity contribution in [3.05, 3.63) is 45.2 Å². The lowest BCUT2D eigenvalue weighted by molar-refractivity contribution is -0.178. The SMILES string of the molecule is CCC(CF)CCc1cc(C(C)C)c2c(c1O)C(O)=C1C(=O)[C@@]3(O)C(O)=C(C(C)=O)C(=O)C(C(C)C)[C@@]3(C)C[C@@]1(C)C2. The van der Waals surface area contributed by atoms with Crippen LogP contribution in [0.15, 0.2) is 23.0 Å². The number of carbonyl (C=O) groups is 3. The smallest absolute Gasteiger partial charge is 0.203 e. The number of rotatable bonds is 8. The van der Waals surface area contributed by atoms with Gasteiger partial charge in [0.05, 0.1) is 12.2 Å². The number of aryl methyl sites for hydroxylation is 1. The van der Waals surface area contributed by atoms with Gasteiger partial charge in [0.15, 0.2) is 17.2 Å². The van der Waals surface area contributed by atoms with Crippen molar-refractivity contribution in [1.29, 1.82) is 0 Å². The van der Waals surface area contributed by atoms with Crippen LogP contribution in [0.2, 0.25) is 0 Å². The first kappa shape index (κ1) is 31.9. The molecule has 2 unspecified atom stereocenters.